The number of amides is 1. The van der Waals surface area contributed by atoms with Crippen molar-refractivity contribution in [3.05, 3.63) is 94.8 Å². The molecule has 1 N–H and O–H groups in total. The van der Waals surface area contributed by atoms with Gasteiger partial charge in [-0.2, -0.15) is 0 Å². The van der Waals surface area contributed by atoms with E-state index in [0.717, 1.165) is 30.4 Å². The Balaban J connectivity index is 2.01. The molecule has 0 aliphatic rings. The van der Waals surface area contributed by atoms with E-state index in [1.807, 2.05) is 57.2 Å². The van der Waals surface area contributed by atoms with Gasteiger partial charge in [0.05, 0.1) is 6.61 Å². The van der Waals surface area contributed by atoms with Crippen molar-refractivity contribution in [2.24, 2.45) is 0 Å². The maximum absolute atomic E-state index is 14.7. The Kier molecular flexibility index (Phi) is 9.76. The van der Waals surface area contributed by atoms with Crippen molar-refractivity contribution < 1.29 is 13.9 Å². The normalized spacial score (nSPS) is 10.7. The van der Waals surface area contributed by atoms with E-state index in [2.05, 4.69) is 11.9 Å². The van der Waals surface area contributed by atoms with Gasteiger partial charge in [-0.3, -0.25) is 4.79 Å². The molecule has 0 aliphatic carbocycles. The minimum absolute atomic E-state index is 0.0924. The zero-order valence-corrected chi connectivity index (χ0v) is 18.7. The van der Waals surface area contributed by atoms with Gasteiger partial charge in [-0.1, -0.05) is 48.1 Å². The molecule has 0 radical (unpaired) electrons. The van der Waals surface area contributed by atoms with Gasteiger partial charge in [0.15, 0.2) is 11.6 Å². The highest BCUT2D eigenvalue weighted by Crippen LogP contribution is 2.21. The van der Waals surface area contributed by atoms with Crippen LogP contribution in [0.2, 0.25) is 0 Å². The maximum Gasteiger partial charge on any atom is 0.251 e. The molecule has 0 aliphatic heterocycles. The first-order valence-electron chi connectivity index (χ1n) is 10.6. The standard InChI is InChI=1S/C27H32FNO2/c1-5-6-7-8-17-31-25-14-10-13-24(26(25)28)19-29-27(30)23-16-15-21(4)22(18-23)12-9-11-20(2)3/h5,9-16,18H,1,6-8,17,19H2,2-4H3,(H,29,30)/b12-9-. The molecule has 0 aromatic heterocycles. The molecule has 0 saturated carbocycles. The van der Waals surface area contributed by atoms with E-state index in [-0.39, 0.29) is 18.2 Å². The summed E-state index contributed by atoms with van der Waals surface area (Å²) in [5.74, 6) is -0.458. The van der Waals surface area contributed by atoms with E-state index in [9.17, 15) is 9.18 Å². The van der Waals surface area contributed by atoms with Gasteiger partial charge >= 0.3 is 0 Å². The number of halogens is 1. The number of ether oxygens (including phenoxy) is 1. The van der Waals surface area contributed by atoms with E-state index < -0.39 is 5.82 Å². The van der Waals surface area contributed by atoms with Crippen LogP contribution in [-0.4, -0.2) is 12.5 Å². The number of hydrogen-bond acceptors (Lipinski definition) is 2. The number of carbonyl (C=O) groups excluding carboxylic acids is 1. The second-order valence-corrected chi connectivity index (χ2v) is 7.72. The summed E-state index contributed by atoms with van der Waals surface area (Å²) >= 11 is 0. The maximum atomic E-state index is 14.7. The molecule has 2 aromatic rings. The molecule has 0 atom stereocenters. The molecular formula is C27H32FNO2. The second kappa shape index (κ2) is 12.5. The summed E-state index contributed by atoms with van der Waals surface area (Å²) in [5, 5.41) is 2.81. The van der Waals surface area contributed by atoms with E-state index in [1.54, 1.807) is 24.3 Å². The van der Waals surface area contributed by atoms with Crippen LogP contribution in [0, 0.1) is 12.7 Å². The summed E-state index contributed by atoms with van der Waals surface area (Å²) in [6, 6.07) is 10.5. The smallest absolute Gasteiger partial charge is 0.251 e. The van der Waals surface area contributed by atoms with Crippen LogP contribution in [0.4, 0.5) is 4.39 Å². The monoisotopic (exact) mass is 421 g/mol. The molecule has 3 nitrogen and oxygen atoms in total. The summed E-state index contributed by atoms with van der Waals surface area (Å²) in [6.07, 6.45) is 10.5. The summed E-state index contributed by atoms with van der Waals surface area (Å²) in [4.78, 5) is 12.6. The third kappa shape index (κ3) is 7.89. The van der Waals surface area contributed by atoms with Crippen LogP contribution in [-0.2, 0) is 6.54 Å². The lowest BCUT2D eigenvalue weighted by Crippen LogP contribution is -2.23. The minimum Gasteiger partial charge on any atom is -0.491 e. The van der Waals surface area contributed by atoms with E-state index in [4.69, 9.17) is 4.74 Å². The highest BCUT2D eigenvalue weighted by Gasteiger charge is 2.12. The Morgan fingerprint density at radius 2 is 2.00 bits per heavy atom. The first-order valence-corrected chi connectivity index (χ1v) is 10.6. The molecule has 0 spiro atoms. The van der Waals surface area contributed by atoms with Gasteiger partial charge in [0, 0.05) is 17.7 Å². The number of hydrogen-bond donors (Lipinski definition) is 1. The lowest BCUT2D eigenvalue weighted by molar-refractivity contribution is 0.0950. The van der Waals surface area contributed by atoms with E-state index in [0.29, 0.717) is 17.7 Å². The molecule has 1 amide bonds. The molecule has 164 valence electrons. The highest BCUT2D eigenvalue weighted by molar-refractivity contribution is 5.94. The molecule has 2 rings (SSSR count). The summed E-state index contributed by atoms with van der Waals surface area (Å²) in [5.41, 5.74) is 4.19. The lowest BCUT2D eigenvalue weighted by Gasteiger charge is -2.11. The van der Waals surface area contributed by atoms with Crippen LogP contribution in [0.5, 0.6) is 5.75 Å². The van der Waals surface area contributed by atoms with Crippen molar-refractivity contribution in [1.82, 2.24) is 5.32 Å². The summed E-state index contributed by atoms with van der Waals surface area (Å²) < 4.78 is 20.3. The van der Waals surface area contributed by atoms with E-state index >= 15 is 0 Å². The fourth-order valence-corrected chi connectivity index (χ4v) is 2.96. The predicted octanol–water partition coefficient (Wildman–Crippen LogP) is 6.78. The Morgan fingerprint density at radius 1 is 1.19 bits per heavy atom. The number of benzene rings is 2. The number of unbranched alkanes of at least 4 members (excludes halogenated alkanes) is 2. The highest BCUT2D eigenvalue weighted by atomic mass is 19.1. The fourth-order valence-electron chi connectivity index (χ4n) is 2.96. The number of aryl methyl sites for hydroxylation is 1. The predicted molar refractivity (Wildman–Crippen MR) is 127 cm³/mol. The lowest BCUT2D eigenvalue weighted by atomic mass is 10.0. The van der Waals surface area contributed by atoms with Crippen molar-refractivity contribution in [1.29, 1.82) is 0 Å². The van der Waals surface area contributed by atoms with Gasteiger partial charge in [-0.05, 0) is 69.4 Å². The molecule has 0 bridgehead atoms. The van der Waals surface area contributed by atoms with Gasteiger partial charge in [0.1, 0.15) is 0 Å². The van der Waals surface area contributed by atoms with Crippen molar-refractivity contribution in [2.75, 3.05) is 6.61 Å². The number of allylic oxidation sites excluding steroid dienone is 4. The molecule has 0 fully saturated rings. The van der Waals surface area contributed by atoms with Gasteiger partial charge in [0.25, 0.3) is 5.91 Å². The van der Waals surface area contributed by atoms with Crippen molar-refractivity contribution in [3.8, 4) is 5.75 Å². The molecule has 0 saturated heterocycles. The number of carbonyl (C=O) groups is 1. The average Bonchev–Trinajstić information content (AvgIpc) is 2.74. The average molecular weight is 422 g/mol. The second-order valence-electron chi connectivity index (χ2n) is 7.72. The quantitative estimate of drug-likeness (QED) is 0.247. The van der Waals surface area contributed by atoms with Gasteiger partial charge < -0.3 is 10.1 Å². The molecule has 4 heteroatoms. The van der Waals surface area contributed by atoms with Crippen LogP contribution in [0.1, 0.15) is 60.2 Å². The summed E-state index contributed by atoms with van der Waals surface area (Å²) in [7, 11) is 0. The summed E-state index contributed by atoms with van der Waals surface area (Å²) in [6.45, 7) is 10.3. The van der Waals surface area contributed by atoms with Crippen molar-refractivity contribution >= 4 is 12.0 Å². The topological polar surface area (TPSA) is 38.3 Å². The zero-order valence-electron chi connectivity index (χ0n) is 18.7. The fraction of sp³-hybridized carbons (Fsp3) is 0.296. The Hall–Kier alpha value is -3.14. The van der Waals surface area contributed by atoms with Gasteiger partial charge in [-0.15, -0.1) is 6.58 Å². The number of nitrogens with one attached hydrogen (secondary N) is 1. The molecule has 0 unspecified atom stereocenters. The van der Waals surface area contributed by atoms with Crippen molar-refractivity contribution in [3.63, 3.8) is 0 Å². The molecular weight excluding hydrogens is 389 g/mol. The van der Waals surface area contributed by atoms with Crippen molar-refractivity contribution in [2.45, 2.75) is 46.6 Å². The largest absolute Gasteiger partial charge is 0.491 e. The Bertz CT molecular complexity index is 956. The Morgan fingerprint density at radius 3 is 2.74 bits per heavy atom. The zero-order chi connectivity index (χ0) is 22.6. The van der Waals surface area contributed by atoms with Crippen LogP contribution in [0.25, 0.3) is 6.08 Å². The SMILES string of the molecule is C=CCCCCOc1cccc(CNC(=O)c2ccc(C)c(/C=C\C=C(C)C)c2)c1F. The van der Waals surface area contributed by atoms with E-state index in [1.165, 1.54) is 5.57 Å². The first kappa shape index (κ1) is 24.1. The van der Waals surface area contributed by atoms with Gasteiger partial charge in [-0.25, -0.2) is 4.39 Å². The molecule has 2 aromatic carbocycles. The van der Waals surface area contributed by atoms with Crippen LogP contribution in [0.15, 0.2) is 66.8 Å². The van der Waals surface area contributed by atoms with Crippen LogP contribution >= 0.6 is 0 Å². The third-order valence-electron chi connectivity index (χ3n) is 4.79. The molecule has 0 heterocycles. The number of rotatable bonds is 11. The third-order valence-corrected chi connectivity index (χ3v) is 4.79. The van der Waals surface area contributed by atoms with Crippen LogP contribution in [0.3, 0.4) is 0 Å². The molecule has 31 heavy (non-hydrogen) atoms. The first-order chi connectivity index (χ1) is 14.9. The van der Waals surface area contributed by atoms with Crippen LogP contribution < -0.4 is 10.1 Å². The minimum atomic E-state index is -0.430. The van der Waals surface area contributed by atoms with Gasteiger partial charge in [0.2, 0.25) is 0 Å². The Labute approximate surface area is 185 Å².